The number of amides is 2. The first-order valence-corrected chi connectivity index (χ1v) is 11.0. The Morgan fingerprint density at radius 2 is 1.65 bits per heavy atom. The summed E-state index contributed by atoms with van der Waals surface area (Å²) in [7, 11) is 1.80. The Hall–Kier alpha value is -3.13. The fourth-order valence-corrected chi connectivity index (χ4v) is 3.96. The maximum Gasteiger partial charge on any atom is 0.234 e. The van der Waals surface area contributed by atoms with Crippen LogP contribution in [0.15, 0.2) is 41.6 Å². The molecule has 0 saturated heterocycles. The first-order valence-electron chi connectivity index (χ1n) is 9.99. The van der Waals surface area contributed by atoms with E-state index < -0.39 is 0 Å². The summed E-state index contributed by atoms with van der Waals surface area (Å²) in [5, 5.41) is 14.7. The molecule has 2 aromatic carbocycles. The van der Waals surface area contributed by atoms with E-state index in [1.165, 1.54) is 11.8 Å². The van der Waals surface area contributed by atoms with Crippen molar-refractivity contribution in [3.05, 3.63) is 64.5 Å². The van der Waals surface area contributed by atoms with Crippen LogP contribution in [0.1, 0.15) is 28.1 Å². The van der Waals surface area contributed by atoms with Gasteiger partial charge in [-0.25, -0.2) is 0 Å². The van der Waals surface area contributed by atoms with Gasteiger partial charge in [-0.05, 0) is 50.5 Å². The summed E-state index contributed by atoms with van der Waals surface area (Å²) in [5.74, 6) is 0.473. The highest BCUT2D eigenvalue weighted by Crippen LogP contribution is 2.21. The number of para-hydroxylation sites is 1. The van der Waals surface area contributed by atoms with Crippen LogP contribution >= 0.6 is 11.8 Å². The molecule has 2 amide bonds. The second kappa shape index (κ2) is 9.78. The second-order valence-electron chi connectivity index (χ2n) is 7.60. The summed E-state index contributed by atoms with van der Waals surface area (Å²) in [5.41, 5.74) is 5.83. The van der Waals surface area contributed by atoms with E-state index in [1.54, 1.807) is 11.6 Å². The number of nitrogens with zero attached hydrogens (tertiary/aromatic N) is 3. The minimum Gasteiger partial charge on any atom is -0.325 e. The normalized spacial score (nSPS) is 10.7. The third-order valence-electron chi connectivity index (χ3n) is 4.98. The molecule has 0 spiro atoms. The molecule has 3 aromatic rings. The Kier molecular flexibility index (Phi) is 7.12. The largest absolute Gasteiger partial charge is 0.325 e. The highest BCUT2D eigenvalue weighted by atomic mass is 32.2. The number of nitrogens with one attached hydrogen (secondary N) is 2. The van der Waals surface area contributed by atoms with Gasteiger partial charge in [0.25, 0.3) is 0 Å². The molecule has 0 aliphatic heterocycles. The van der Waals surface area contributed by atoms with E-state index in [4.69, 9.17) is 0 Å². The lowest BCUT2D eigenvalue weighted by Crippen LogP contribution is -2.18. The number of carbonyl (C=O) groups is 2. The molecule has 1 aromatic heterocycles. The van der Waals surface area contributed by atoms with E-state index in [2.05, 4.69) is 20.8 Å². The number of anilines is 2. The fourth-order valence-electron chi connectivity index (χ4n) is 3.23. The summed E-state index contributed by atoms with van der Waals surface area (Å²) in [4.78, 5) is 24.8. The van der Waals surface area contributed by atoms with Crippen molar-refractivity contribution in [3.63, 3.8) is 0 Å². The minimum atomic E-state index is -0.160. The Bertz CT molecular complexity index is 1100. The molecule has 0 radical (unpaired) electrons. The van der Waals surface area contributed by atoms with Crippen molar-refractivity contribution >= 4 is 35.0 Å². The van der Waals surface area contributed by atoms with Crippen molar-refractivity contribution in [1.29, 1.82) is 0 Å². The number of rotatable bonds is 7. The molecule has 0 atom stereocenters. The van der Waals surface area contributed by atoms with Crippen LogP contribution < -0.4 is 10.6 Å². The van der Waals surface area contributed by atoms with Gasteiger partial charge in [0.2, 0.25) is 11.8 Å². The number of hydrogen-bond acceptors (Lipinski definition) is 5. The predicted molar refractivity (Wildman–Crippen MR) is 125 cm³/mol. The Labute approximate surface area is 186 Å². The molecule has 8 heteroatoms. The minimum absolute atomic E-state index is 0.103. The molecular weight excluding hydrogens is 410 g/mol. The first-order chi connectivity index (χ1) is 14.7. The van der Waals surface area contributed by atoms with E-state index >= 15 is 0 Å². The van der Waals surface area contributed by atoms with E-state index in [0.717, 1.165) is 33.6 Å². The van der Waals surface area contributed by atoms with Crippen LogP contribution in [0.5, 0.6) is 0 Å². The smallest absolute Gasteiger partial charge is 0.234 e. The zero-order chi connectivity index (χ0) is 22.5. The van der Waals surface area contributed by atoms with Gasteiger partial charge in [0.05, 0.1) is 12.2 Å². The maximum absolute atomic E-state index is 12.5. The van der Waals surface area contributed by atoms with Crippen molar-refractivity contribution in [2.24, 2.45) is 7.05 Å². The molecular formula is C23H27N5O2S. The Morgan fingerprint density at radius 3 is 2.32 bits per heavy atom. The van der Waals surface area contributed by atoms with Crippen LogP contribution in [-0.2, 0) is 23.1 Å². The number of hydrogen-bond donors (Lipinski definition) is 2. The van der Waals surface area contributed by atoms with Gasteiger partial charge in [-0.15, -0.1) is 10.2 Å². The third kappa shape index (κ3) is 5.73. The summed E-state index contributed by atoms with van der Waals surface area (Å²) in [6.07, 6.45) is 0.103. The van der Waals surface area contributed by atoms with Gasteiger partial charge < -0.3 is 15.2 Å². The lowest BCUT2D eigenvalue weighted by atomic mass is 10.1. The predicted octanol–water partition coefficient (Wildman–Crippen LogP) is 3.96. The monoisotopic (exact) mass is 437 g/mol. The highest BCUT2D eigenvalue weighted by Gasteiger charge is 2.15. The van der Waals surface area contributed by atoms with E-state index in [1.807, 2.05) is 64.1 Å². The Morgan fingerprint density at radius 1 is 0.935 bits per heavy atom. The van der Waals surface area contributed by atoms with Crippen molar-refractivity contribution in [2.75, 3.05) is 16.4 Å². The molecule has 7 nitrogen and oxygen atoms in total. The molecule has 3 rings (SSSR count). The molecule has 162 valence electrons. The van der Waals surface area contributed by atoms with Gasteiger partial charge in [-0.2, -0.15) is 0 Å². The van der Waals surface area contributed by atoms with E-state index in [0.29, 0.717) is 11.0 Å². The number of benzene rings is 2. The van der Waals surface area contributed by atoms with Crippen LogP contribution in [0.3, 0.4) is 0 Å². The summed E-state index contributed by atoms with van der Waals surface area (Å²) in [6, 6.07) is 11.8. The van der Waals surface area contributed by atoms with Gasteiger partial charge in [-0.1, -0.05) is 47.7 Å². The van der Waals surface area contributed by atoms with Gasteiger partial charge in [0.15, 0.2) is 5.16 Å². The van der Waals surface area contributed by atoms with Crippen LogP contribution in [0.25, 0.3) is 0 Å². The molecule has 2 N–H and O–H groups in total. The van der Waals surface area contributed by atoms with Crippen LogP contribution in [-0.4, -0.2) is 32.3 Å². The topological polar surface area (TPSA) is 88.9 Å². The van der Waals surface area contributed by atoms with Crippen LogP contribution in [0, 0.1) is 27.7 Å². The molecule has 0 saturated carbocycles. The first kappa shape index (κ1) is 22.6. The quantitative estimate of drug-likeness (QED) is 0.546. The van der Waals surface area contributed by atoms with Gasteiger partial charge in [0, 0.05) is 18.4 Å². The van der Waals surface area contributed by atoms with E-state index in [9.17, 15) is 9.59 Å². The van der Waals surface area contributed by atoms with Crippen molar-refractivity contribution in [2.45, 2.75) is 39.3 Å². The standard InChI is InChI=1S/C23H27N5O2S/c1-14-9-10-18(17(4)11-14)24-20(29)12-19-26-27-23(28(19)5)31-13-21(30)25-22-15(2)7-6-8-16(22)3/h6-11H,12-13H2,1-5H3,(H,24,29)(H,25,30). The summed E-state index contributed by atoms with van der Waals surface area (Å²) >= 11 is 1.29. The molecule has 31 heavy (non-hydrogen) atoms. The molecule has 1 heterocycles. The second-order valence-corrected chi connectivity index (χ2v) is 8.55. The molecule has 0 fully saturated rings. The van der Waals surface area contributed by atoms with Crippen molar-refractivity contribution in [1.82, 2.24) is 14.8 Å². The zero-order valence-electron chi connectivity index (χ0n) is 18.4. The SMILES string of the molecule is Cc1ccc(NC(=O)Cc2nnc(SCC(=O)Nc3c(C)cccc3C)n2C)c(C)c1. The number of aryl methyl sites for hydroxylation is 4. The summed E-state index contributed by atoms with van der Waals surface area (Å²) in [6.45, 7) is 7.91. The molecule has 0 bridgehead atoms. The van der Waals surface area contributed by atoms with Gasteiger partial charge >= 0.3 is 0 Å². The molecule has 0 unspecified atom stereocenters. The van der Waals surface area contributed by atoms with Crippen LogP contribution in [0.2, 0.25) is 0 Å². The van der Waals surface area contributed by atoms with Gasteiger partial charge in [-0.3, -0.25) is 9.59 Å². The number of aromatic nitrogens is 3. The Balaban J connectivity index is 1.57. The van der Waals surface area contributed by atoms with E-state index in [-0.39, 0.29) is 24.0 Å². The molecule has 0 aliphatic rings. The zero-order valence-corrected chi connectivity index (χ0v) is 19.3. The third-order valence-corrected chi connectivity index (χ3v) is 6.00. The lowest BCUT2D eigenvalue weighted by Gasteiger charge is -2.11. The average molecular weight is 438 g/mol. The number of carbonyl (C=O) groups excluding carboxylic acids is 2. The summed E-state index contributed by atoms with van der Waals surface area (Å²) < 4.78 is 1.75. The van der Waals surface area contributed by atoms with Crippen LogP contribution in [0.4, 0.5) is 11.4 Å². The van der Waals surface area contributed by atoms with Crippen molar-refractivity contribution < 1.29 is 9.59 Å². The average Bonchev–Trinajstić information content (AvgIpc) is 3.05. The number of thioether (sulfide) groups is 1. The highest BCUT2D eigenvalue weighted by molar-refractivity contribution is 7.99. The lowest BCUT2D eigenvalue weighted by molar-refractivity contribution is -0.116. The maximum atomic E-state index is 12.5. The fraction of sp³-hybridized carbons (Fsp3) is 0.304. The molecule has 0 aliphatic carbocycles. The van der Waals surface area contributed by atoms with Gasteiger partial charge in [0.1, 0.15) is 5.82 Å². The van der Waals surface area contributed by atoms with Crippen molar-refractivity contribution in [3.8, 4) is 0 Å².